The minimum absolute atomic E-state index is 0.363. The van der Waals surface area contributed by atoms with Crippen molar-refractivity contribution in [2.75, 3.05) is 6.54 Å². The standard InChI is InChI=1S/C13H22BrNS/c1-5-8-15-10(9-13(2,3)4)11-6-7-12(14)16-11/h6-7,10,15H,5,8-9H2,1-4H3. The fourth-order valence-corrected chi connectivity index (χ4v) is 3.22. The Bertz CT molecular complexity index is 314. The zero-order valence-corrected chi connectivity index (χ0v) is 13.0. The average molecular weight is 304 g/mol. The van der Waals surface area contributed by atoms with Gasteiger partial charge in [0.15, 0.2) is 0 Å². The summed E-state index contributed by atoms with van der Waals surface area (Å²) in [5.41, 5.74) is 0.363. The molecule has 0 saturated carbocycles. The molecule has 0 amide bonds. The highest BCUT2D eigenvalue weighted by molar-refractivity contribution is 9.11. The molecule has 0 fully saturated rings. The van der Waals surface area contributed by atoms with Crippen molar-refractivity contribution in [3.05, 3.63) is 20.8 Å². The van der Waals surface area contributed by atoms with E-state index < -0.39 is 0 Å². The Hall–Kier alpha value is 0.140. The third kappa shape index (κ3) is 4.98. The lowest BCUT2D eigenvalue weighted by molar-refractivity contribution is 0.314. The molecule has 0 bridgehead atoms. The van der Waals surface area contributed by atoms with E-state index in [1.807, 2.05) is 11.3 Å². The van der Waals surface area contributed by atoms with Gasteiger partial charge < -0.3 is 5.32 Å². The molecule has 1 nitrogen and oxygen atoms in total. The molecule has 3 heteroatoms. The SMILES string of the molecule is CCCNC(CC(C)(C)C)c1ccc(Br)s1. The van der Waals surface area contributed by atoms with E-state index in [0.717, 1.165) is 6.54 Å². The Balaban J connectivity index is 2.71. The quantitative estimate of drug-likeness (QED) is 0.808. The van der Waals surface area contributed by atoms with E-state index in [4.69, 9.17) is 0 Å². The smallest absolute Gasteiger partial charge is 0.0701 e. The Labute approximate surface area is 112 Å². The molecule has 0 aliphatic rings. The van der Waals surface area contributed by atoms with Crippen LogP contribution in [0.15, 0.2) is 15.9 Å². The van der Waals surface area contributed by atoms with Crippen LogP contribution >= 0.6 is 27.3 Å². The molecule has 92 valence electrons. The molecule has 1 aromatic heterocycles. The second-order valence-electron chi connectivity index (χ2n) is 5.41. The van der Waals surface area contributed by atoms with E-state index >= 15 is 0 Å². The summed E-state index contributed by atoms with van der Waals surface area (Å²) in [6.07, 6.45) is 2.37. The molecule has 0 radical (unpaired) electrons. The molecule has 0 aliphatic heterocycles. The summed E-state index contributed by atoms with van der Waals surface area (Å²) in [5, 5.41) is 3.65. The fourth-order valence-electron chi connectivity index (χ4n) is 1.72. The molecule has 1 N–H and O–H groups in total. The molecule has 1 unspecified atom stereocenters. The van der Waals surface area contributed by atoms with Crippen molar-refractivity contribution >= 4 is 27.3 Å². The number of rotatable bonds is 5. The van der Waals surface area contributed by atoms with Crippen LogP contribution in [0.25, 0.3) is 0 Å². The molecule has 0 spiro atoms. The van der Waals surface area contributed by atoms with Crippen molar-refractivity contribution in [2.45, 2.75) is 46.6 Å². The minimum atomic E-state index is 0.363. The first kappa shape index (κ1) is 14.2. The molecule has 1 rings (SSSR count). The molecular formula is C13H22BrNS. The zero-order chi connectivity index (χ0) is 12.2. The van der Waals surface area contributed by atoms with Crippen molar-refractivity contribution in [1.82, 2.24) is 5.32 Å². The minimum Gasteiger partial charge on any atom is -0.309 e. The first-order chi connectivity index (χ1) is 7.42. The highest BCUT2D eigenvalue weighted by Crippen LogP contribution is 2.34. The number of thiophene rings is 1. The van der Waals surface area contributed by atoms with Crippen LogP contribution in [0.2, 0.25) is 0 Å². The Morgan fingerprint density at radius 3 is 2.50 bits per heavy atom. The van der Waals surface area contributed by atoms with Crippen molar-refractivity contribution in [2.24, 2.45) is 5.41 Å². The first-order valence-electron chi connectivity index (χ1n) is 5.91. The summed E-state index contributed by atoms with van der Waals surface area (Å²) in [7, 11) is 0. The molecule has 1 aromatic rings. The average Bonchev–Trinajstić information content (AvgIpc) is 2.57. The van der Waals surface area contributed by atoms with Gasteiger partial charge in [-0.1, -0.05) is 27.7 Å². The van der Waals surface area contributed by atoms with E-state index in [1.165, 1.54) is 21.5 Å². The van der Waals surface area contributed by atoms with Crippen LogP contribution in [-0.4, -0.2) is 6.54 Å². The fraction of sp³-hybridized carbons (Fsp3) is 0.692. The highest BCUT2D eigenvalue weighted by atomic mass is 79.9. The molecule has 1 atom stereocenters. The van der Waals surface area contributed by atoms with Gasteiger partial charge in [-0.2, -0.15) is 0 Å². The van der Waals surface area contributed by atoms with Crippen LogP contribution in [0.1, 0.15) is 51.5 Å². The lowest BCUT2D eigenvalue weighted by Gasteiger charge is -2.26. The number of hydrogen-bond donors (Lipinski definition) is 1. The molecule has 16 heavy (non-hydrogen) atoms. The maximum Gasteiger partial charge on any atom is 0.0701 e. The molecule has 0 saturated heterocycles. The van der Waals surface area contributed by atoms with Crippen molar-refractivity contribution in [3.63, 3.8) is 0 Å². The summed E-state index contributed by atoms with van der Waals surface area (Å²) in [6, 6.07) is 4.87. The van der Waals surface area contributed by atoms with Gasteiger partial charge in [-0.05, 0) is 52.9 Å². The molecule has 0 aliphatic carbocycles. The Morgan fingerprint density at radius 2 is 2.06 bits per heavy atom. The third-order valence-electron chi connectivity index (χ3n) is 2.39. The van der Waals surface area contributed by atoms with Gasteiger partial charge in [0.25, 0.3) is 0 Å². The molecule has 0 aromatic carbocycles. The van der Waals surface area contributed by atoms with Gasteiger partial charge in [-0.3, -0.25) is 0 Å². The largest absolute Gasteiger partial charge is 0.309 e. The van der Waals surface area contributed by atoms with Crippen molar-refractivity contribution in [3.8, 4) is 0 Å². The van der Waals surface area contributed by atoms with Gasteiger partial charge in [-0.25, -0.2) is 0 Å². The van der Waals surface area contributed by atoms with E-state index in [0.29, 0.717) is 11.5 Å². The topological polar surface area (TPSA) is 12.0 Å². The van der Waals surface area contributed by atoms with E-state index in [1.54, 1.807) is 0 Å². The van der Waals surface area contributed by atoms with Gasteiger partial charge in [0, 0.05) is 10.9 Å². The van der Waals surface area contributed by atoms with Gasteiger partial charge >= 0.3 is 0 Å². The molecule has 1 heterocycles. The second kappa shape index (κ2) is 6.18. The predicted molar refractivity (Wildman–Crippen MR) is 77.1 cm³/mol. The van der Waals surface area contributed by atoms with Gasteiger partial charge in [0.1, 0.15) is 0 Å². The normalized spacial score (nSPS) is 14.1. The summed E-state index contributed by atoms with van der Waals surface area (Å²) >= 11 is 5.38. The van der Waals surface area contributed by atoms with E-state index in [-0.39, 0.29) is 0 Å². The van der Waals surface area contributed by atoms with Crippen LogP contribution < -0.4 is 5.32 Å². The predicted octanol–water partition coefficient (Wildman–Crippen LogP) is 4.99. The van der Waals surface area contributed by atoms with Gasteiger partial charge in [0.05, 0.1) is 3.79 Å². The van der Waals surface area contributed by atoms with Gasteiger partial charge in [0.2, 0.25) is 0 Å². The van der Waals surface area contributed by atoms with E-state index in [2.05, 4.69) is 61.1 Å². The monoisotopic (exact) mass is 303 g/mol. The maximum absolute atomic E-state index is 3.65. The van der Waals surface area contributed by atoms with Crippen LogP contribution in [-0.2, 0) is 0 Å². The second-order valence-corrected chi connectivity index (χ2v) is 7.91. The van der Waals surface area contributed by atoms with Crippen molar-refractivity contribution < 1.29 is 0 Å². The Morgan fingerprint density at radius 1 is 1.38 bits per heavy atom. The zero-order valence-electron chi connectivity index (χ0n) is 10.6. The number of halogens is 1. The third-order valence-corrected chi connectivity index (χ3v) is 4.13. The summed E-state index contributed by atoms with van der Waals surface area (Å²) in [4.78, 5) is 1.44. The van der Waals surface area contributed by atoms with Crippen LogP contribution in [0, 0.1) is 5.41 Å². The van der Waals surface area contributed by atoms with E-state index in [9.17, 15) is 0 Å². The maximum atomic E-state index is 3.65. The lowest BCUT2D eigenvalue weighted by Crippen LogP contribution is -2.25. The van der Waals surface area contributed by atoms with Crippen LogP contribution in [0.3, 0.4) is 0 Å². The first-order valence-corrected chi connectivity index (χ1v) is 7.52. The highest BCUT2D eigenvalue weighted by Gasteiger charge is 2.20. The molecular weight excluding hydrogens is 282 g/mol. The van der Waals surface area contributed by atoms with Crippen LogP contribution in [0.4, 0.5) is 0 Å². The number of hydrogen-bond acceptors (Lipinski definition) is 2. The Kier molecular flexibility index (Phi) is 5.48. The summed E-state index contributed by atoms with van der Waals surface area (Å²) < 4.78 is 1.22. The summed E-state index contributed by atoms with van der Waals surface area (Å²) in [6.45, 7) is 10.2. The number of nitrogens with one attached hydrogen (secondary N) is 1. The van der Waals surface area contributed by atoms with Gasteiger partial charge in [-0.15, -0.1) is 11.3 Å². The summed E-state index contributed by atoms with van der Waals surface area (Å²) in [5.74, 6) is 0. The lowest BCUT2D eigenvalue weighted by atomic mass is 9.87. The van der Waals surface area contributed by atoms with Crippen molar-refractivity contribution in [1.29, 1.82) is 0 Å². The van der Waals surface area contributed by atoms with Crippen LogP contribution in [0.5, 0.6) is 0 Å².